The van der Waals surface area contributed by atoms with Gasteiger partial charge in [-0.1, -0.05) is 0 Å². The summed E-state index contributed by atoms with van der Waals surface area (Å²) in [6.45, 7) is 0. The van der Waals surface area contributed by atoms with E-state index in [1.807, 2.05) is 0 Å². The fourth-order valence-electron chi connectivity index (χ4n) is 0. The molecule has 0 aliphatic carbocycles. The van der Waals surface area contributed by atoms with Crippen molar-refractivity contribution in [2.45, 2.75) is 0 Å². The molecule has 0 heterocycles. The SMILES string of the molecule is [AlH3].[Ce].[Cu].[Fe].[Mn]. The smallest absolute Gasteiger partial charge is 0 e. The van der Waals surface area contributed by atoms with Crippen LogP contribution in [-0.4, -0.2) is 17.4 Å². The van der Waals surface area contributed by atoms with E-state index in [1.54, 1.807) is 0 Å². The van der Waals surface area contributed by atoms with Crippen LogP contribution in [-0.2, 0) is 51.2 Å². The van der Waals surface area contributed by atoms with Crippen molar-refractivity contribution in [1.29, 1.82) is 0 Å². The van der Waals surface area contributed by atoms with Gasteiger partial charge in [-0.2, -0.15) is 0 Å². The normalized spacial score (nSPS) is 0. The largest absolute Gasteiger partial charge is 0.187 e. The standard InChI is InChI=1S/Al.Ce.Cu.Fe.Mn.3H. The predicted octanol–water partition coefficient (Wildman–Crippen LogP) is -1.19. The first-order valence-corrected chi connectivity index (χ1v) is 0. The predicted molar refractivity (Wildman–Crippen MR) is 9.94 cm³/mol. The van der Waals surface area contributed by atoms with Crippen molar-refractivity contribution < 1.29 is 93.0 Å². The molecule has 0 aliphatic heterocycles. The molecule has 0 aromatic rings. The van der Waals surface area contributed by atoms with E-state index >= 15 is 0 Å². The fourth-order valence-corrected chi connectivity index (χ4v) is 0. The van der Waals surface area contributed by atoms with Crippen molar-refractivity contribution in [1.82, 2.24) is 0 Å². The van der Waals surface area contributed by atoms with Crippen LogP contribution in [0.5, 0.6) is 0 Å². The molecule has 0 atom stereocenters. The first-order chi connectivity index (χ1) is 0. The molecule has 5 heteroatoms. The molecule has 0 saturated carbocycles. The van der Waals surface area contributed by atoms with E-state index in [9.17, 15) is 0 Å². The van der Waals surface area contributed by atoms with Crippen LogP contribution in [0.3, 0.4) is 0 Å². The average molecular weight is 344 g/mol. The molecule has 0 spiro atoms. The van der Waals surface area contributed by atoms with Gasteiger partial charge in [0.2, 0.25) is 0 Å². The van der Waals surface area contributed by atoms with Gasteiger partial charge in [0.1, 0.15) is 0 Å². The van der Waals surface area contributed by atoms with Crippen molar-refractivity contribution in [3.05, 3.63) is 0 Å². The molecule has 2 radical (unpaired) electrons. The molecule has 0 amide bonds. The summed E-state index contributed by atoms with van der Waals surface area (Å²) in [5.41, 5.74) is 0. The minimum absolute atomic E-state index is 0. The molecule has 0 unspecified atom stereocenters. The average Bonchev–Trinajstić information content (AvgIpc) is 0. The van der Waals surface area contributed by atoms with Gasteiger partial charge in [0.05, 0.1) is 0 Å². The van der Waals surface area contributed by atoms with Crippen LogP contribution >= 0.6 is 0 Å². The van der Waals surface area contributed by atoms with Gasteiger partial charge < -0.3 is 0 Å². The second kappa shape index (κ2) is 26.0. The Balaban J connectivity index is 0. The van der Waals surface area contributed by atoms with Crippen LogP contribution in [0.1, 0.15) is 0 Å². The summed E-state index contributed by atoms with van der Waals surface area (Å²) in [4.78, 5) is 0. The maximum Gasteiger partial charge on any atom is 0.187 e. The summed E-state index contributed by atoms with van der Waals surface area (Å²) < 4.78 is 0. The van der Waals surface area contributed by atoms with Gasteiger partial charge in [0, 0.05) is 93.0 Å². The maximum atomic E-state index is 0. The van der Waals surface area contributed by atoms with E-state index in [0.29, 0.717) is 0 Å². The molecule has 0 N–H and O–H groups in total. The summed E-state index contributed by atoms with van der Waals surface area (Å²) in [5.74, 6) is 0. The number of rotatable bonds is 0. The quantitative estimate of drug-likeness (QED) is 0.485. The molecule has 0 bridgehead atoms. The zero-order chi connectivity index (χ0) is 0. The molecule has 0 aromatic carbocycles. The van der Waals surface area contributed by atoms with Crippen LogP contribution in [0, 0.1) is 41.7 Å². The van der Waals surface area contributed by atoms with Crippen molar-refractivity contribution >= 4 is 17.4 Å². The fraction of sp³-hybridized carbons (Fsp3) is 0. The molecule has 0 rings (SSSR count). The molecular formula is H3AlCeCuFeMn. The Kier molecular flexibility index (Phi) is 204. The van der Waals surface area contributed by atoms with E-state index in [-0.39, 0.29) is 110 Å². The Morgan fingerprint density at radius 1 is 1.00 bits per heavy atom. The maximum absolute atomic E-state index is 0. The van der Waals surface area contributed by atoms with E-state index in [0.717, 1.165) is 0 Å². The molecule has 36 valence electrons. The Morgan fingerprint density at radius 2 is 1.00 bits per heavy atom. The number of hydrogen-bond acceptors (Lipinski definition) is 0. The third-order valence-corrected chi connectivity index (χ3v) is 0. The Morgan fingerprint density at radius 3 is 1.00 bits per heavy atom. The Labute approximate surface area is 108 Å². The van der Waals surface area contributed by atoms with Crippen molar-refractivity contribution in [2.24, 2.45) is 0 Å². The second-order valence-electron chi connectivity index (χ2n) is 0. The molecular weight excluding hydrogens is 341 g/mol. The minimum atomic E-state index is 0. The van der Waals surface area contributed by atoms with Gasteiger partial charge in [-0.15, -0.1) is 0 Å². The first kappa shape index (κ1) is 39.3. The van der Waals surface area contributed by atoms with Crippen LogP contribution < -0.4 is 0 Å². The van der Waals surface area contributed by atoms with Gasteiger partial charge in [0.15, 0.2) is 17.4 Å². The summed E-state index contributed by atoms with van der Waals surface area (Å²) in [7, 11) is 0. The number of hydrogen-bond donors (Lipinski definition) is 0. The summed E-state index contributed by atoms with van der Waals surface area (Å²) >= 11 is 0. The zero-order valence-electron chi connectivity index (χ0n) is 1.53. The summed E-state index contributed by atoms with van der Waals surface area (Å²) in [5, 5.41) is 0. The van der Waals surface area contributed by atoms with E-state index in [4.69, 9.17) is 0 Å². The molecule has 0 aromatic heterocycles. The van der Waals surface area contributed by atoms with E-state index in [1.165, 1.54) is 0 Å². The molecule has 0 fully saturated rings. The topological polar surface area (TPSA) is 0 Å². The molecule has 0 nitrogen and oxygen atoms in total. The molecule has 5 heavy (non-hydrogen) atoms. The monoisotopic (exact) mass is 344 g/mol. The first-order valence-electron chi connectivity index (χ1n) is 0. The Bertz CT molecular complexity index is 11.6. The molecule has 0 aliphatic rings. The van der Waals surface area contributed by atoms with Crippen molar-refractivity contribution in [3.63, 3.8) is 0 Å². The van der Waals surface area contributed by atoms with Crippen molar-refractivity contribution in [3.8, 4) is 0 Å². The van der Waals surface area contributed by atoms with Gasteiger partial charge in [-0.05, 0) is 0 Å². The van der Waals surface area contributed by atoms with Crippen molar-refractivity contribution in [2.75, 3.05) is 0 Å². The van der Waals surface area contributed by atoms with Crippen LogP contribution in [0.15, 0.2) is 0 Å². The van der Waals surface area contributed by atoms with Gasteiger partial charge in [-0.25, -0.2) is 0 Å². The summed E-state index contributed by atoms with van der Waals surface area (Å²) in [6, 6.07) is 0. The third-order valence-electron chi connectivity index (χ3n) is 0. The van der Waals surface area contributed by atoms with Gasteiger partial charge >= 0.3 is 0 Å². The minimum Gasteiger partial charge on any atom is 0 e. The van der Waals surface area contributed by atoms with E-state index in [2.05, 4.69) is 0 Å². The summed E-state index contributed by atoms with van der Waals surface area (Å²) in [6.07, 6.45) is 0. The van der Waals surface area contributed by atoms with E-state index < -0.39 is 0 Å². The second-order valence-corrected chi connectivity index (χ2v) is 0. The van der Waals surface area contributed by atoms with Gasteiger partial charge in [-0.3, -0.25) is 0 Å². The zero-order valence-corrected chi connectivity index (χ0v) is 7.90. The Hall–Kier alpha value is 3.47. The van der Waals surface area contributed by atoms with Crippen LogP contribution in [0.2, 0.25) is 0 Å². The van der Waals surface area contributed by atoms with Crippen LogP contribution in [0.25, 0.3) is 0 Å². The van der Waals surface area contributed by atoms with Crippen LogP contribution in [0.4, 0.5) is 0 Å². The van der Waals surface area contributed by atoms with Gasteiger partial charge in [0.25, 0.3) is 0 Å². The molecule has 0 saturated heterocycles. The third kappa shape index (κ3) is 18.6.